The molecule has 0 aromatic rings. The zero-order valence-electron chi connectivity index (χ0n) is 22.7. The summed E-state index contributed by atoms with van der Waals surface area (Å²) >= 11 is 0. The van der Waals surface area contributed by atoms with E-state index in [2.05, 4.69) is 46.8 Å². The predicted molar refractivity (Wildman–Crippen MR) is 137 cm³/mol. The van der Waals surface area contributed by atoms with Crippen molar-refractivity contribution in [2.24, 2.45) is 39.4 Å². The van der Waals surface area contributed by atoms with Crippen LogP contribution in [0.1, 0.15) is 99.8 Å². The number of aliphatic hydroxyl groups excluding tert-OH is 3. The Hall–Kier alpha value is -0.680. The molecule has 0 bridgehead atoms. The number of hydrogen-bond acceptors (Lipinski definition) is 4. The number of rotatable bonds is 6. The molecule has 0 aromatic carbocycles. The third-order valence-corrected chi connectivity index (χ3v) is 11.7. The second kappa shape index (κ2) is 8.43. The highest BCUT2D eigenvalue weighted by molar-refractivity contribution is 5.49. The Morgan fingerprint density at radius 1 is 1.00 bits per heavy atom. The van der Waals surface area contributed by atoms with Crippen molar-refractivity contribution in [2.75, 3.05) is 6.61 Å². The van der Waals surface area contributed by atoms with Crippen molar-refractivity contribution >= 4 is 0 Å². The maximum atomic E-state index is 10.8. The van der Waals surface area contributed by atoms with Gasteiger partial charge in [-0.2, -0.15) is 0 Å². The standard InChI is InChI=1S/C30H50O4/c1-26(2)23-10-9-22-21(28(23,5)15-14-24(26)32)13-17-29(6)20(12-16-30(22,29)7)19(18-31)8-11-25(33)27(3,4)34/h9,13,19-20,23-25,31-34H,8,10-12,14-18H2,1-7H3. The Kier molecular flexibility index (Phi) is 6.54. The molecule has 4 aliphatic rings. The first-order valence-electron chi connectivity index (χ1n) is 13.7. The van der Waals surface area contributed by atoms with Crippen LogP contribution >= 0.6 is 0 Å². The molecule has 8 atom stereocenters. The van der Waals surface area contributed by atoms with Gasteiger partial charge in [-0.05, 0) is 116 Å². The summed E-state index contributed by atoms with van der Waals surface area (Å²) in [5.74, 6) is 0.984. The molecule has 0 heterocycles. The van der Waals surface area contributed by atoms with E-state index in [4.69, 9.17) is 0 Å². The summed E-state index contributed by atoms with van der Waals surface area (Å²) in [6.07, 6.45) is 11.5. The monoisotopic (exact) mass is 474 g/mol. The normalized spacial score (nSPS) is 43.2. The van der Waals surface area contributed by atoms with Crippen molar-refractivity contribution in [3.63, 3.8) is 0 Å². The fraction of sp³-hybridized carbons (Fsp3) is 0.867. The van der Waals surface area contributed by atoms with Gasteiger partial charge in [-0.15, -0.1) is 0 Å². The summed E-state index contributed by atoms with van der Waals surface area (Å²) in [6, 6.07) is 0. The van der Waals surface area contributed by atoms with Crippen LogP contribution in [-0.4, -0.2) is 44.8 Å². The van der Waals surface area contributed by atoms with Crippen LogP contribution in [0.4, 0.5) is 0 Å². The topological polar surface area (TPSA) is 80.9 Å². The van der Waals surface area contributed by atoms with Crippen LogP contribution in [0.15, 0.2) is 23.3 Å². The van der Waals surface area contributed by atoms with E-state index in [0.29, 0.717) is 18.3 Å². The number of hydrogen-bond donors (Lipinski definition) is 4. The van der Waals surface area contributed by atoms with Gasteiger partial charge < -0.3 is 20.4 Å². The van der Waals surface area contributed by atoms with E-state index in [1.165, 1.54) is 0 Å². The maximum Gasteiger partial charge on any atom is 0.0849 e. The van der Waals surface area contributed by atoms with Crippen LogP contribution in [0, 0.1) is 39.4 Å². The van der Waals surface area contributed by atoms with Gasteiger partial charge in [-0.1, -0.05) is 46.8 Å². The van der Waals surface area contributed by atoms with Crippen molar-refractivity contribution in [3.05, 3.63) is 23.3 Å². The zero-order chi connectivity index (χ0) is 25.3. The smallest absolute Gasteiger partial charge is 0.0849 e. The van der Waals surface area contributed by atoms with E-state index >= 15 is 0 Å². The minimum absolute atomic E-state index is 0.0717. The molecule has 34 heavy (non-hydrogen) atoms. The highest BCUT2D eigenvalue weighted by atomic mass is 16.3. The number of aliphatic hydroxyl groups is 4. The van der Waals surface area contributed by atoms with Crippen LogP contribution in [0.3, 0.4) is 0 Å². The van der Waals surface area contributed by atoms with Crippen LogP contribution in [-0.2, 0) is 0 Å². The molecule has 0 spiro atoms. The average Bonchev–Trinajstić information content (AvgIpc) is 3.03. The minimum Gasteiger partial charge on any atom is -0.396 e. The molecule has 8 unspecified atom stereocenters. The van der Waals surface area contributed by atoms with E-state index in [-0.39, 0.29) is 40.3 Å². The van der Waals surface area contributed by atoms with Gasteiger partial charge in [0.2, 0.25) is 0 Å². The molecule has 0 aliphatic heterocycles. The molecule has 4 rings (SSSR count). The fourth-order valence-electron chi connectivity index (χ4n) is 8.93. The number of fused-ring (bicyclic) bond motifs is 5. The molecule has 2 fully saturated rings. The molecule has 0 saturated heterocycles. The second-order valence-corrected chi connectivity index (χ2v) is 14.1. The van der Waals surface area contributed by atoms with Gasteiger partial charge in [-0.25, -0.2) is 0 Å². The molecule has 4 aliphatic carbocycles. The molecule has 0 radical (unpaired) electrons. The van der Waals surface area contributed by atoms with Crippen molar-refractivity contribution in [1.29, 1.82) is 0 Å². The SMILES string of the molecule is CC(C)(O)C(O)CCC(CO)C1CCC2(C)C3=CCC4C(C)(CCC(O)C4(C)C)C3=CCC12C. The molecular formula is C30H50O4. The summed E-state index contributed by atoms with van der Waals surface area (Å²) in [5.41, 5.74) is 2.16. The van der Waals surface area contributed by atoms with Gasteiger partial charge in [0, 0.05) is 6.61 Å². The fourth-order valence-corrected chi connectivity index (χ4v) is 8.93. The van der Waals surface area contributed by atoms with Crippen LogP contribution < -0.4 is 0 Å². The molecule has 4 N–H and O–H groups in total. The van der Waals surface area contributed by atoms with Gasteiger partial charge in [0.1, 0.15) is 0 Å². The third-order valence-electron chi connectivity index (χ3n) is 11.7. The van der Waals surface area contributed by atoms with Crippen LogP contribution in [0.25, 0.3) is 0 Å². The molecule has 0 amide bonds. The maximum absolute atomic E-state index is 10.8. The van der Waals surface area contributed by atoms with Crippen molar-refractivity contribution in [1.82, 2.24) is 0 Å². The van der Waals surface area contributed by atoms with Gasteiger partial charge in [0.25, 0.3) is 0 Å². The first kappa shape index (κ1) is 26.4. The molecule has 194 valence electrons. The summed E-state index contributed by atoms with van der Waals surface area (Å²) in [7, 11) is 0. The lowest BCUT2D eigenvalue weighted by molar-refractivity contribution is -0.0855. The van der Waals surface area contributed by atoms with E-state index in [9.17, 15) is 20.4 Å². The van der Waals surface area contributed by atoms with E-state index in [1.54, 1.807) is 25.0 Å². The van der Waals surface area contributed by atoms with Gasteiger partial charge >= 0.3 is 0 Å². The molecule has 2 saturated carbocycles. The first-order valence-corrected chi connectivity index (χ1v) is 13.7. The average molecular weight is 475 g/mol. The van der Waals surface area contributed by atoms with Crippen LogP contribution in [0.5, 0.6) is 0 Å². The zero-order valence-corrected chi connectivity index (χ0v) is 22.7. The molecule has 0 aromatic heterocycles. The lowest BCUT2D eigenvalue weighted by atomic mass is 9.44. The van der Waals surface area contributed by atoms with E-state index < -0.39 is 11.7 Å². The quantitative estimate of drug-likeness (QED) is 0.416. The summed E-state index contributed by atoms with van der Waals surface area (Å²) in [6.45, 7) is 15.3. The van der Waals surface area contributed by atoms with Crippen molar-refractivity contribution in [2.45, 2.75) is 118 Å². The van der Waals surface area contributed by atoms with Crippen molar-refractivity contribution in [3.8, 4) is 0 Å². The van der Waals surface area contributed by atoms with Crippen LogP contribution in [0.2, 0.25) is 0 Å². The Balaban J connectivity index is 1.63. The van der Waals surface area contributed by atoms with Gasteiger partial charge in [0.15, 0.2) is 0 Å². The first-order chi connectivity index (χ1) is 15.6. The molecular weight excluding hydrogens is 424 g/mol. The van der Waals surface area contributed by atoms with E-state index in [1.807, 2.05) is 0 Å². The lowest BCUT2D eigenvalue weighted by Crippen LogP contribution is -2.54. The Labute approximate surface area is 207 Å². The summed E-state index contributed by atoms with van der Waals surface area (Å²) in [5, 5.41) is 41.8. The van der Waals surface area contributed by atoms with Crippen molar-refractivity contribution < 1.29 is 20.4 Å². The third kappa shape index (κ3) is 3.69. The number of allylic oxidation sites excluding steroid dienone is 4. The molecule has 4 heteroatoms. The highest BCUT2D eigenvalue weighted by Crippen LogP contribution is 2.71. The highest BCUT2D eigenvalue weighted by Gasteiger charge is 2.63. The van der Waals surface area contributed by atoms with Gasteiger partial charge in [0.05, 0.1) is 17.8 Å². The largest absolute Gasteiger partial charge is 0.396 e. The Bertz CT molecular complexity index is 850. The van der Waals surface area contributed by atoms with Gasteiger partial charge in [-0.3, -0.25) is 0 Å². The lowest BCUT2D eigenvalue weighted by Gasteiger charge is -2.61. The molecule has 4 nitrogen and oxygen atoms in total. The summed E-state index contributed by atoms with van der Waals surface area (Å²) in [4.78, 5) is 0. The Morgan fingerprint density at radius 2 is 1.68 bits per heavy atom. The predicted octanol–water partition coefficient (Wildman–Crippen LogP) is 5.39. The minimum atomic E-state index is -1.11. The Morgan fingerprint density at radius 3 is 2.29 bits per heavy atom. The van der Waals surface area contributed by atoms with E-state index in [0.717, 1.165) is 44.9 Å². The second-order valence-electron chi connectivity index (χ2n) is 14.1. The summed E-state index contributed by atoms with van der Waals surface area (Å²) < 4.78 is 0.